The smallest absolute Gasteiger partial charge is 0.294 e. The molecular weight excluding hydrogens is 394 g/mol. The minimum Gasteiger partial charge on any atom is -0.396 e. The summed E-state index contributed by atoms with van der Waals surface area (Å²) in [5.74, 6) is 0.898. The first kappa shape index (κ1) is 20.5. The summed E-state index contributed by atoms with van der Waals surface area (Å²) in [6.07, 6.45) is 0.569. The topological polar surface area (TPSA) is 136 Å². The molecule has 0 aliphatic heterocycles. The van der Waals surface area contributed by atoms with Crippen molar-refractivity contribution in [3.8, 4) is 11.3 Å². The van der Waals surface area contributed by atoms with Crippen molar-refractivity contribution < 1.29 is 18.1 Å². The van der Waals surface area contributed by atoms with Crippen LogP contribution < -0.4 is 16.2 Å². The first-order chi connectivity index (χ1) is 14.0. The van der Waals surface area contributed by atoms with E-state index in [0.29, 0.717) is 36.1 Å². The summed E-state index contributed by atoms with van der Waals surface area (Å²) >= 11 is 0. The molecule has 0 radical (unpaired) electrons. The van der Waals surface area contributed by atoms with E-state index in [1.807, 2.05) is 30.3 Å². The van der Waals surface area contributed by atoms with Gasteiger partial charge in [0.25, 0.3) is 10.1 Å². The van der Waals surface area contributed by atoms with Gasteiger partial charge in [-0.05, 0) is 30.7 Å². The van der Waals surface area contributed by atoms with Gasteiger partial charge in [0.15, 0.2) is 5.82 Å². The summed E-state index contributed by atoms with van der Waals surface area (Å²) in [6, 6.07) is 17.0. The molecule has 0 spiro atoms. The molecule has 3 aromatic rings. The van der Waals surface area contributed by atoms with Crippen LogP contribution >= 0.6 is 0 Å². The van der Waals surface area contributed by atoms with Gasteiger partial charge in [-0.1, -0.05) is 30.3 Å². The highest BCUT2D eigenvalue weighted by atomic mass is 32.2. The van der Waals surface area contributed by atoms with E-state index in [0.717, 1.165) is 5.56 Å². The van der Waals surface area contributed by atoms with E-state index in [-0.39, 0.29) is 11.5 Å². The summed E-state index contributed by atoms with van der Waals surface area (Å²) < 4.78 is 31.3. The van der Waals surface area contributed by atoms with E-state index >= 15 is 0 Å². The fourth-order valence-electron chi connectivity index (χ4n) is 2.47. The minimum atomic E-state index is -4.23. The lowest BCUT2D eigenvalue weighted by Crippen LogP contribution is -2.13. The first-order valence-electron chi connectivity index (χ1n) is 8.84. The van der Waals surface area contributed by atoms with Crippen molar-refractivity contribution in [2.75, 3.05) is 29.3 Å². The lowest BCUT2D eigenvalue weighted by atomic mass is 10.1. The van der Waals surface area contributed by atoms with Crippen LogP contribution in [-0.2, 0) is 10.1 Å². The fraction of sp³-hybridized carbons (Fsp3) is 0.158. The van der Waals surface area contributed by atoms with E-state index in [9.17, 15) is 8.42 Å². The van der Waals surface area contributed by atoms with Crippen molar-refractivity contribution in [1.82, 2.24) is 9.97 Å². The third-order valence-corrected chi connectivity index (χ3v) is 4.77. The predicted molar refractivity (Wildman–Crippen MR) is 111 cm³/mol. The first-order valence-corrected chi connectivity index (χ1v) is 10.3. The Morgan fingerprint density at radius 3 is 2.31 bits per heavy atom. The quantitative estimate of drug-likeness (QED) is 0.203. The van der Waals surface area contributed by atoms with Crippen LogP contribution in [0.5, 0.6) is 0 Å². The van der Waals surface area contributed by atoms with Gasteiger partial charge in [0.1, 0.15) is 0 Å². The van der Waals surface area contributed by atoms with Crippen LogP contribution in [0, 0.1) is 0 Å². The average Bonchev–Trinajstić information content (AvgIpc) is 2.73. The molecule has 9 nitrogen and oxygen atoms in total. The number of nitrogens with one attached hydrogen (secondary N) is 3. The second-order valence-electron chi connectivity index (χ2n) is 6.08. The summed E-state index contributed by atoms with van der Waals surface area (Å²) in [4.78, 5) is 8.70. The second-order valence-corrected chi connectivity index (χ2v) is 7.50. The normalized spacial score (nSPS) is 11.1. The largest absolute Gasteiger partial charge is 0.396 e. The predicted octanol–water partition coefficient (Wildman–Crippen LogP) is 2.62. The van der Waals surface area contributed by atoms with Crippen LogP contribution in [0.3, 0.4) is 0 Å². The molecule has 0 fully saturated rings. The lowest BCUT2D eigenvalue weighted by Gasteiger charge is -2.13. The monoisotopic (exact) mass is 415 g/mol. The van der Waals surface area contributed by atoms with Gasteiger partial charge in [0, 0.05) is 24.8 Å². The zero-order chi connectivity index (χ0) is 20.7. The highest BCUT2D eigenvalue weighted by Gasteiger charge is 2.09. The molecule has 1 heterocycles. The standard InChI is InChI=1S/C19H21N5O4S/c25-12-4-11-20-19-21-17(14-5-2-1-3-6-14)13-18(22-19)24-23-15-7-9-16(10-8-15)29(26,27)28/h1-3,5-10,13,23,25H,4,11-12H2,(H,26,27,28)(H2,20,21,22,24). The Bertz CT molecular complexity index is 1040. The van der Waals surface area contributed by atoms with Crippen molar-refractivity contribution >= 4 is 27.6 Å². The number of nitrogens with zero attached hydrogens (tertiary/aromatic N) is 2. The van der Waals surface area contributed by atoms with E-state index in [1.54, 1.807) is 6.07 Å². The molecule has 5 N–H and O–H groups in total. The van der Waals surface area contributed by atoms with Crippen molar-refractivity contribution in [3.05, 3.63) is 60.7 Å². The number of aromatic nitrogens is 2. The average molecular weight is 415 g/mol. The Balaban J connectivity index is 1.79. The van der Waals surface area contributed by atoms with Gasteiger partial charge in [-0.25, -0.2) is 4.98 Å². The maximum absolute atomic E-state index is 11.1. The molecule has 0 atom stereocenters. The molecule has 0 amide bonds. The van der Waals surface area contributed by atoms with Crippen molar-refractivity contribution in [3.63, 3.8) is 0 Å². The molecule has 0 aliphatic carbocycles. The molecule has 2 aromatic carbocycles. The number of hydrogen-bond donors (Lipinski definition) is 5. The molecule has 0 unspecified atom stereocenters. The lowest BCUT2D eigenvalue weighted by molar-refractivity contribution is 0.292. The van der Waals surface area contributed by atoms with E-state index in [1.165, 1.54) is 24.3 Å². The number of aliphatic hydroxyl groups excluding tert-OH is 1. The molecule has 0 aliphatic rings. The number of hydrogen-bond acceptors (Lipinski definition) is 8. The number of anilines is 3. The second kappa shape index (κ2) is 9.32. The van der Waals surface area contributed by atoms with E-state index in [4.69, 9.17) is 9.66 Å². The molecule has 10 heteroatoms. The summed E-state index contributed by atoms with van der Waals surface area (Å²) in [7, 11) is -4.23. The van der Waals surface area contributed by atoms with Crippen LogP contribution in [0.4, 0.5) is 17.5 Å². The molecule has 0 bridgehead atoms. The molecule has 29 heavy (non-hydrogen) atoms. The minimum absolute atomic E-state index is 0.0671. The zero-order valence-corrected chi connectivity index (χ0v) is 16.2. The van der Waals surface area contributed by atoms with Gasteiger partial charge in [0.05, 0.1) is 16.3 Å². The zero-order valence-electron chi connectivity index (χ0n) is 15.4. The molecule has 1 aromatic heterocycles. The van der Waals surface area contributed by atoms with Crippen LogP contribution in [0.25, 0.3) is 11.3 Å². The van der Waals surface area contributed by atoms with Gasteiger partial charge < -0.3 is 10.4 Å². The van der Waals surface area contributed by atoms with E-state index in [2.05, 4.69) is 26.1 Å². The number of benzene rings is 2. The van der Waals surface area contributed by atoms with Crippen molar-refractivity contribution in [2.45, 2.75) is 11.3 Å². The summed E-state index contributed by atoms with van der Waals surface area (Å²) in [5, 5.41) is 12.0. The van der Waals surface area contributed by atoms with Crippen molar-refractivity contribution in [1.29, 1.82) is 0 Å². The summed E-state index contributed by atoms with van der Waals surface area (Å²) in [6.45, 7) is 0.594. The van der Waals surface area contributed by atoms with Crippen LogP contribution in [0.15, 0.2) is 65.6 Å². The Kier molecular flexibility index (Phi) is 6.60. The molecule has 0 saturated carbocycles. The number of rotatable bonds is 9. The maximum Gasteiger partial charge on any atom is 0.294 e. The van der Waals surface area contributed by atoms with Gasteiger partial charge >= 0.3 is 0 Å². The molecule has 0 saturated heterocycles. The Hall–Kier alpha value is -3.21. The molecular formula is C19H21N5O4S. The highest BCUT2D eigenvalue weighted by molar-refractivity contribution is 7.85. The maximum atomic E-state index is 11.1. The number of aliphatic hydroxyl groups is 1. The Labute approximate surface area is 168 Å². The van der Waals surface area contributed by atoms with Gasteiger partial charge in [0.2, 0.25) is 5.95 Å². The number of hydrazine groups is 1. The van der Waals surface area contributed by atoms with Crippen molar-refractivity contribution in [2.24, 2.45) is 0 Å². The SMILES string of the molecule is O=S(=O)(O)c1ccc(NNc2cc(-c3ccccc3)nc(NCCCO)n2)cc1. The third-order valence-electron chi connectivity index (χ3n) is 3.90. The van der Waals surface area contributed by atoms with Gasteiger partial charge in [-0.2, -0.15) is 13.4 Å². The highest BCUT2D eigenvalue weighted by Crippen LogP contribution is 2.22. The summed E-state index contributed by atoms with van der Waals surface area (Å²) in [5.41, 5.74) is 8.09. The third kappa shape index (κ3) is 5.88. The molecule has 3 rings (SSSR count). The van der Waals surface area contributed by atoms with Gasteiger partial charge in [-0.15, -0.1) is 0 Å². The fourth-order valence-corrected chi connectivity index (χ4v) is 2.95. The van der Waals surface area contributed by atoms with E-state index < -0.39 is 10.1 Å². The Morgan fingerprint density at radius 2 is 1.66 bits per heavy atom. The molecule has 152 valence electrons. The van der Waals surface area contributed by atoms with Crippen LogP contribution in [-0.4, -0.2) is 41.2 Å². The van der Waals surface area contributed by atoms with Gasteiger partial charge in [-0.3, -0.25) is 15.4 Å². The Morgan fingerprint density at radius 1 is 0.931 bits per heavy atom. The van der Waals surface area contributed by atoms with Crippen LogP contribution in [0.2, 0.25) is 0 Å². The van der Waals surface area contributed by atoms with Crippen LogP contribution in [0.1, 0.15) is 6.42 Å².